The first-order valence-corrected chi connectivity index (χ1v) is 14.5. The molecule has 0 bridgehead atoms. The number of benzene rings is 5. The smallest absolute Gasteiger partial charge is 0.323 e. The molecule has 0 aliphatic carbocycles. The van der Waals surface area contributed by atoms with E-state index in [1.807, 2.05) is 48.5 Å². The zero-order valence-corrected chi connectivity index (χ0v) is 24.8. The van der Waals surface area contributed by atoms with Gasteiger partial charge in [0.1, 0.15) is 26.2 Å². The third kappa shape index (κ3) is 7.41. The number of fused-ring (bicyclic) bond motifs is 2. The number of rotatable bonds is 14. The van der Waals surface area contributed by atoms with Gasteiger partial charge in [0.05, 0.1) is 0 Å². The summed E-state index contributed by atoms with van der Waals surface area (Å²) in [7, 11) is 0. The van der Waals surface area contributed by atoms with E-state index in [4.69, 9.17) is 0 Å². The van der Waals surface area contributed by atoms with Crippen molar-refractivity contribution in [1.29, 1.82) is 0 Å². The maximum absolute atomic E-state index is 11.3. The lowest BCUT2D eigenvalue weighted by Crippen LogP contribution is -2.34. The Morgan fingerprint density at radius 2 is 0.674 bits per heavy atom. The average molecular weight is 621 g/mol. The first kappa shape index (κ1) is 31.5. The molecule has 10 heteroatoms. The number of carboxylic acid groups (broad SMARTS) is 4. The van der Waals surface area contributed by atoms with E-state index in [1.54, 1.807) is 24.3 Å². The second-order valence-corrected chi connectivity index (χ2v) is 11.0. The van der Waals surface area contributed by atoms with Crippen LogP contribution >= 0.6 is 0 Å². The molecule has 0 heterocycles. The van der Waals surface area contributed by atoms with Gasteiger partial charge < -0.3 is 30.2 Å². The molecule has 234 valence electrons. The predicted octanol–water partition coefficient (Wildman–Crippen LogP) is 5.13. The van der Waals surface area contributed by atoms with Crippen LogP contribution < -0.4 is 9.80 Å². The summed E-state index contributed by atoms with van der Waals surface area (Å²) >= 11 is 0. The molecular weight excluding hydrogens is 588 g/mol. The van der Waals surface area contributed by atoms with E-state index in [1.165, 1.54) is 9.80 Å². The second-order valence-electron chi connectivity index (χ2n) is 11.0. The van der Waals surface area contributed by atoms with E-state index in [0.29, 0.717) is 24.2 Å². The Hall–Kier alpha value is -5.90. The van der Waals surface area contributed by atoms with Crippen molar-refractivity contribution in [3.63, 3.8) is 0 Å². The monoisotopic (exact) mass is 620 g/mol. The number of aliphatic carboxylic acids is 4. The molecule has 0 aliphatic heterocycles. The molecule has 0 fully saturated rings. The van der Waals surface area contributed by atoms with Crippen LogP contribution in [0.5, 0.6) is 0 Å². The maximum atomic E-state index is 11.3. The minimum absolute atomic E-state index is 0.423. The summed E-state index contributed by atoms with van der Waals surface area (Å²) in [6, 6.07) is 30.9. The topological polar surface area (TPSA) is 156 Å². The number of nitrogens with zero attached hydrogens (tertiary/aromatic N) is 2. The van der Waals surface area contributed by atoms with Crippen LogP contribution in [-0.4, -0.2) is 70.5 Å². The van der Waals surface area contributed by atoms with Crippen molar-refractivity contribution in [2.45, 2.75) is 12.8 Å². The second kappa shape index (κ2) is 13.8. The van der Waals surface area contributed by atoms with Gasteiger partial charge in [0, 0.05) is 11.4 Å². The zero-order valence-electron chi connectivity index (χ0n) is 24.8. The fourth-order valence-corrected chi connectivity index (χ4v) is 5.88. The van der Waals surface area contributed by atoms with E-state index in [2.05, 4.69) is 24.3 Å². The van der Waals surface area contributed by atoms with Crippen LogP contribution in [0.2, 0.25) is 0 Å². The number of anilines is 2. The molecule has 5 aromatic rings. The highest BCUT2D eigenvalue weighted by Gasteiger charge is 2.18. The van der Waals surface area contributed by atoms with Gasteiger partial charge in [0.25, 0.3) is 0 Å². The molecule has 4 N–H and O–H groups in total. The molecule has 0 saturated carbocycles. The summed E-state index contributed by atoms with van der Waals surface area (Å²) in [5.41, 5.74) is 5.26. The Kier molecular flexibility index (Phi) is 9.47. The summed E-state index contributed by atoms with van der Waals surface area (Å²) in [4.78, 5) is 47.8. The molecule has 10 nitrogen and oxygen atoms in total. The Morgan fingerprint density at radius 1 is 0.413 bits per heavy atom. The number of carbonyl (C=O) groups is 4. The predicted molar refractivity (Wildman–Crippen MR) is 175 cm³/mol. The van der Waals surface area contributed by atoms with Gasteiger partial charge in [-0.2, -0.15) is 0 Å². The maximum Gasteiger partial charge on any atom is 0.323 e. The molecular formula is C36H32N2O8. The summed E-state index contributed by atoms with van der Waals surface area (Å²) in [5.74, 6) is -4.45. The molecule has 0 spiro atoms. The molecule has 0 radical (unpaired) electrons. The van der Waals surface area contributed by atoms with Crippen molar-refractivity contribution < 1.29 is 39.6 Å². The van der Waals surface area contributed by atoms with Gasteiger partial charge in [-0.1, -0.05) is 72.8 Å². The van der Waals surface area contributed by atoms with Gasteiger partial charge in [-0.05, 0) is 80.9 Å². The molecule has 0 aliphatic rings. The molecule has 0 saturated heterocycles. The van der Waals surface area contributed by atoms with Crippen molar-refractivity contribution in [1.82, 2.24) is 0 Å². The number of hydrogen-bond donors (Lipinski definition) is 4. The molecule has 0 amide bonds. The summed E-state index contributed by atoms with van der Waals surface area (Å²) in [5, 5.41) is 41.3. The lowest BCUT2D eigenvalue weighted by molar-refractivity contribution is -0.138. The number of hydrogen-bond acceptors (Lipinski definition) is 6. The SMILES string of the molecule is O=C(O)CN(CC(=O)O)c1ccc(Cc2c3ccccc3c(Cc3ccc(N(CC(=O)O)CC(=O)O)cc3)c3ccccc23)cc1. The lowest BCUT2D eigenvalue weighted by Gasteiger charge is -2.21. The highest BCUT2D eigenvalue weighted by molar-refractivity contribution is 6.06. The Balaban J connectivity index is 1.49. The van der Waals surface area contributed by atoms with E-state index in [0.717, 1.165) is 43.8 Å². The van der Waals surface area contributed by atoms with Crippen LogP contribution in [0.3, 0.4) is 0 Å². The Labute approximate surface area is 264 Å². The van der Waals surface area contributed by atoms with E-state index in [-0.39, 0.29) is 0 Å². The van der Waals surface area contributed by atoms with Gasteiger partial charge in [-0.25, -0.2) is 0 Å². The fourth-order valence-electron chi connectivity index (χ4n) is 5.88. The van der Waals surface area contributed by atoms with Gasteiger partial charge >= 0.3 is 23.9 Å². The standard InChI is InChI=1S/C36H32N2O8/c39-33(40)19-37(20-34(41)42)25-13-9-23(10-14-25)17-31-27-5-1-2-6-28(27)32(30-8-4-3-7-29(30)31)18-24-11-15-26(16-12-24)38(21-35(43)44)22-36(45)46/h1-16H,17-22H2,(H,39,40)(H,41,42)(H,43,44)(H,45,46). The normalized spacial score (nSPS) is 11.0. The average Bonchev–Trinajstić information content (AvgIpc) is 3.02. The molecule has 5 aromatic carbocycles. The largest absolute Gasteiger partial charge is 0.480 e. The number of carboxylic acids is 4. The van der Waals surface area contributed by atoms with Crippen molar-refractivity contribution in [3.05, 3.63) is 119 Å². The first-order valence-electron chi connectivity index (χ1n) is 14.5. The quantitative estimate of drug-likeness (QED) is 0.123. The van der Waals surface area contributed by atoms with Crippen LogP contribution in [0, 0.1) is 0 Å². The van der Waals surface area contributed by atoms with E-state index >= 15 is 0 Å². The molecule has 5 rings (SSSR count). The highest BCUT2D eigenvalue weighted by Crippen LogP contribution is 2.36. The molecule has 0 atom stereocenters. The van der Waals surface area contributed by atoms with Crippen molar-refractivity contribution in [2.75, 3.05) is 36.0 Å². The third-order valence-corrected chi connectivity index (χ3v) is 7.82. The fraction of sp³-hybridized carbons (Fsp3) is 0.167. The third-order valence-electron chi connectivity index (χ3n) is 7.82. The minimum Gasteiger partial charge on any atom is -0.480 e. The van der Waals surface area contributed by atoms with Crippen LogP contribution in [0.25, 0.3) is 21.5 Å². The van der Waals surface area contributed by atoms with Crippen LogP contribution in [0.1, 0.15) is 22.3 Å². The Morgan fingerprint density at radius 3 is 0.913 bits per heavy atom. The van der Waals surface area contributed by atoms with Gasteiger partial charge in [0.15, 0.2) is 0 Å². The molecule has 0 aromatic heterocycles. The summed E-state index contributed by atoms with van der Waals surface area (Å²) in [6.45, 7) is -1.69. The van der Waals surface area contributed by atoms with Gasteiger partial charge in [-0.3, -0.25) is 19.2 Å². The summed E-state index contributed by atoms with van der Waals surface area (Å²) in [6.07, 6.45) is 1.19. The van der Waals surface area contributed by atoms with Crippen LogP contribution in [0.4, 0.5) is 11.4 Å². The lowest BCUT2D eigenvalue weighted by atomic mass is 9.86. The first-order chi connectivity index (χ1) is 22.1. The van der Waals surface area contributed by atoms with Gasteiger partial charge in [-0.15, -0.1) is 0 Å². The van der Waals surface area contributed by atoms with Gasteiger partial charge in [0.2, 0.25) is 0 Å². The van der Waals surface area contributed by atoms with Crippen LogP contribution in [-0.2, 0) is 32.0 Å². The molecule has 46 heavy (non-hydrogen) atoms. The van der Waals surface area contributed by atoms with E-state index in [9.17, 15) is 39.6 Å². The highest BCUT2D eigenvalue weighted by atomic mass is 16.4. The minimum atomic E-state index is -1.11. The van der Waals surface area contributed by atoms with E-state index < -0.39 is 50.1 Å². The van der Waals surface area contributed by atoms with Crippen molar-refractivity contribution >= 4 is 56.8 Å². The molecule has 0 unspecified atom stereocenters. The van der Waals surface area contributed by atoms with Crippen LogP contribution in [0.15, 0.2) is 97.1 Å². The van der Waals surface area contributed by atoms with Crippen molar-refractivity contribution in [2.24, 2.45) is 0 Å². The van der Waals surface area contributed by atoms with Crippen molar-refractivity contribution in [3.8, 4) is 0 Å². The summed E-state index contributed by atoms with van der Waals surface area (Å²) < 4.78 is 0. The zero-order chi connectivity index (χ0) is 32.8. The Bertz CT molecular complexity index is 1690.